The first kappa shape index (κ1) is 19.0. The number of ether oxygens (including phenoxy) is 1. The second kappa shape index (κ2) is 7.97. The molecule has 0 saturated heterocycles. The Morgan fingerprint density at radius 2 is 1.86 bits per heavy atom. The highest BCUT2D eigenvalue weighted by molar-refractivity contribution is 6.30. The summed E-state index contributed by atoms with van der Waals surface area (Å²) in [5.41, 5.74) is 1.56. The van der Waals surface area contributed by atoms with Gasteiger partial charge in [-0.1, -0.05) is 23.7 Å². The number of amides is 1. The molecular formula is C21H17ClN2O5. The van der Waals surface area contributed by atoms with Crippen molar-refractivity contribution in [1.29, 1.82) is 0 Å². The molecule has 3 heterocycles. The van der Waals surface area contributed by atoms with Crippen LogP contribution in [0.2, 0.25) is 5.02 Å². The fraction of sp³-hybridized carbons (Fsp3) is 0.190. The van der Waals surface area contributed by atoms with Crippen molar-refractivity contribution in [3.63, 3.8) is 0 Å². The fourth-order valence-corrected chi connectivity index (χ4v) is 3.21. The van der Waals surface area contributed by atoms with Gasteiger partial charge in [0.2, 0.25) is 5.76 Å². The van der Waals surface area contributed by atoms with Crippen LogP contribution in [0, 0.1) is 0 Å². The van der Waals surface area contributed by atoms with Crippen molar-refractivity contribution in [2.75, 3.05) is 0 Å². The van der Waals surface area contributed by atoms with Crippen LogP contribution in [0.3, 0.4) is 0 Å². The van der Waals surface area contributed by atoms with Crippen LogP contribution in [-0.2, 0) is 9.53 Å². The average molecular weight is 413 g/mol. The van der Waals surface area contributed by atoms with Gasteiger partial charge in [0.15, 0.2) is 6.10 Å². The predicted octanol–water partition coefficient (Wildman–Crippen LogP) is 4.45. The summed E-state index contributed by atoms with van der Waals surface area (Å²) in [6.07, 6.45) is 2.30. The van der Waals surface area contributed by atoms with Gasteiger partial charge < -0.3 is 13.6 Å². The van der Waals surface area contributed by atoms with Gasteiger partial charge in [-0.2, -0.15) is 5.10 Å². The molecule has 0 radical (unpaired) electrons. The monoisotopic (exact) mass is 412 g/mol. The number of carbonyl (C=O) groups excluding carboxylic acids is 2. The van der Waals surface area contributed by atoms with Gasteiger partial charge in [-0.15, -0.1) is 0 Å². The van der Waals surface area contributed by atoms with Crippen molar-refractivity contribution >= 4 is 29.2 Å². The molecule has 2 atom stereocenters. The van der Waals surface area contributed by atoms with Crippen LogP contribution in [0.5, 0.6) is 0 Å². The number of carbonyl (C=O) groups is 2. The van der Waals surface area contributed by atoms with Crippen LogP contribution in [-0.4, -0.2) is 28.7 Å². The predicted molar refractivity (Wildman–Crippen MR) is 104 cm³/mol. The number of hydrogen-bond acceptors (Lipinski definition) is 6. The van der Waals surface area contributed by atoms with Crippen LogP contribution in [0.25, 0.3) is 0 Å². The van der Waals surface area contributed by atoms with Gasteiger partial charge in [0.05, 0.1) is 18.2 Å². The average Bonchev–Trinajstić information content (AvgIpc) is 3.48. The van der Waals surface area contributed by atoms with E-state index in [9.17, 15) is 9.59 Å². The summed E-state index contributed by atoms with van der Waals surface area (Å²) >= 11 is 5.96. The first-order valence-electron chi connectivity index (χ1n) is 8.97. The molecule has 29 heavy (non-hydrogen) atoms. The topological polar surface area (TPSA) is 85.2 Å². The maximum atomic E-state index is 13.0. The quantitative estimate of drug-likeness (QED) is 0.578. The molecule has 0 N–H and O–H groups in total. The zero-order valence-corrected chi connectivity index (χ0v) is 16.2. The molecule has 0 fully saturated rings. The molecule has 8 heteroatoms. The molecule has 0 unspecified atom stereocenters. The van der Waals surface area contributed by atoms with Crippen LogP contribution in [0.4, 0.5) is 0 Å². The largest absolute Gasteiger partial charge is 0.467 e. The Labute approximate surface area is 171 Å². The van der Waals surface area contributed by atoms with Crippen LogP contribution in [0.1, 0.15) is 41.3 Å². The number of hydrogen-bond donors (Lipinski definition) is 0. The van der Waals surface area contributed by atoms with E-state index in [0.717, 1.165) is 5.56 Å². The van der Waals surface area contributed by atoms with E-state index in [0.29, 0.717) is 22.9 Å². The van der Waals surface area contributed by atoms with E-state index in [1.54, 1.807) is 36.6 Å². The fourth-order valence-electron chi connectivity index (χ4n) is 3.08. The third kappa shape index (κ3) is 3.95. The molecule has 1 aromatic carbocycles. The zero-order chi connectivity index (χ0) is 20.4. The van der Waals surface area contributed by atoms with Gasteiger partial charge in [-0.05, 0) is 48.9 Å². The molecule has 1 aliphatic rings. The zero-order valence-electron chi connectivity index (χ0n) is 15.4. The smallest absolute Gasteiger partial charge is 0.374 e. The molecule has 0 spiro atoms. The number of halogens is 1. The van der Waals surface area contributed by atoms with Crippen molar-refractivity contribution < 1.29 is 23.2 Å². The van der Waals surface area contributed by atoms with Crippen LogP contribution < -0.4 is 0 Å². The van der Waals surface area contributed by atoms with Crippen LogP contribution >= 0.6 is 11.6 Å². The molecule has 0 saturated carbocycles. The second-order valence-electron chi connectivity index (χ2n) is 6.50. The Bertz CT molecular complexity index is 1030. The molecule has 0 bridgehead atoms. The van der Waals surface area contributed by atoms with Gasteiger partial charge in [0, 0.05) is 11.4 Å². The first-order valence-corrected chi connectivity index (χ1v) is 9.35. The van der Waals surface area contributed by atoms with Crippen LogP contribution in [0.15, 0.2) is 75.0 Å². The Balaban J connectivity index is 1.57. The third-order valence-corrected chi connectivity index (χ3v) is 4.79. The van der Waals surface area contributed by atoms with Crippen molar-refractivity contribution in [2.24, 2.45) is 5.10 Å². The van der Waals surface area contributed by atoms with E-state index in [1.807, 2.05) is 12.1 Å². The molecular weight excluding hydrogens is 396 g/mol. The standard InChI is InChI=1S/C21H17ClN2O5/c1-13(29-21(26)19-5-3-11-28-19)20(25)24-17(18-4-2-10-27-18)12-16(23-24)14-6-8-15(22)9-7-14/h2-11,13,17H,12H2,1H3/t13-,17+/m0/s1. The Morgan fingerprint density at radius 3 is 2.52 bits per heavy atom. The SMILES string of the molecule is C[C@H](OC(=O)c1ccco1)C(=O)N1N=C(c2ccc(Cl)cc2)C[C@@H]1c1ccco1. The van der Waals surface area contributed by atoms with Gasteiger partial charge in [0.25, 0.3) is 5.91 Å². The van der Waals surface area contributed by atoms with Gasteiger partial charge >= 0.3 is 5.97 Å². The summed E-state index contributed by atoms with van der Waals surface area (Å²) in [7, 11) is 0. The molecule has 7 nitrogen and oxygen atoms in total. The number of esters is 1. The highest BCUT2D eigenvalue weighted by Crippen LogP contribution is 2.34. The van der Waals surface area contributed by atoms with Gasteiger partial charge in [-0.3, -0.25) is 4.79 Å². The molecule has 1 amide bonds. The molecule has 2 aromatic heterocycles. The maximum absolute atomic E-state index is 13.0. The molecule has 3 aromatic rings. The highest BCUT2D eigenvalue weighted by atomic mass is 35.5. The van der Waals surface area contributed by atoms with Crippen molar-refractivity contribution in [3.05, 3.63) is 83.2 Å². The molecule has 0 aliphatic carbocycles. The Hall–Kier alpha value is -3.32. The summed E-state index contributed by atoms with van der Waals surface area (Å²) in [5, 5.41) is 6.42. The number of rotatable bonds is 5. The molecule has 1 aliphatic heterocycles. The number of nitrogens with zero attached hydrogens (tertiary/aromatic N) is 2. The van der Waals surface area contributed by atoms with E-state index in [1.165, 1.54) is 24.3 Å². The number of benzene rings is 1. The normalized spacial score (nSPS) is 17.1. The van der Waals surface area contributed by atoms with Gasteiger partial charge in [-0.25, -0.2) is 9.80 Å². The summed E-state index contributed by atoms with van der Waals surface area (Å²) in [4.78, 5) is 25.1. The lowest BCUT2D eigenvalue weighted by atomic mass is 10.0. The molecule has 4 rings (SSSR count). The van der Waals surface area contributed by atoms with E-state index in [-0.39, 0.29) is 5.76 Å². The minimum atomic E-state index is -1.06. The Kier molecular flexibility index (Phi) is 5.22. The lowest BCUT2D eigenvalue weighted by molar-refractivity contribution is -0.142. The van der Waals surface area contributed by atoms with Crippen molar-refractivity contribution in [1.82, 2.24) is 5.01 Å². The Morgan fingerprint density at radius 1 is 1.14 bits per heavy atom. The summed E-state index contributed by atoms with van der Waals surface area (Å²) in [5.74, 6) is -0.559. The number of hydrazone groups is 1. The maximum Gasteiger partial charge on any atom is 0.374 e. The summed E-state index contributed by atoms with van der Waals surface area (Å²) < 4.78 is 15.8. The third-order valence-electron chi connectivity index (χ3n) is 4.54. The first-order chi connectivity index (χ1) is 14.0. The second-order valence-corrected chi connectivity index (χ2v) is 6.93. The minimum Gasteiger partial charge on any atom is -0.467 e. The molecule has 148 valence electrons. The minimum absolute atomic E-state index is 0.0269. The lowest BCUT2D eigenvalue weighted by Gasteiger charge is -2.22. The van der Waals surface area contributed by atoms with E-state index >= 15 is 0 Å². The summed E-state index contributed by atoms with van der Waals surface area (Å²) in [6, 6.07) is 13.3. The highest BCUT2D eigenvalue weighted by Gasteiger charge is 2.38. The number of furan rings is 2. The van der Waals surface area contributed by atoms with E-state index in [4.69, 9.17) is 25.2 Å². The van der Waals surface area contributed by atoms with Gasteiger partial charge in [0.1, 0.15) is 11.8 Å². The van der Waals surface area contributed by atoms with Crippen molar-refractivity contribution in [3.8, 4) is 0 Å². The van der Waals surface area contributed by atoms with Crippen molar-refractivity contribution in [2.45, 2.75) is 25.5 Å². The lowest BCUT2D eigenvalue weighted by Crippen LogP contribution is -2.37. The summed E-state index contributed by atoms with van der Waals surface area (Å²) in [6.45, 7) is 1.50. The van der Waals surface area contributed by atoms with E-state index < -0.39 is 24.0 Å². The van der Waals surface area contributed by atoms with E-state index in [2.05, 4.69) is 5.10 Å².